The predicted molar refractivity (Wildman–Crippen MR) is 230 cm³/mol. The van der Waals surface area contributed by atoms with Crippen molar-refractivity contribution in [1.29, 1.82) is 0 Å². The van der Waals surface area contributed by atoms with Gasteiger partial charge >= 0.3 is 29.3 Å². The Kier molecular flexibility index (Phi) is 44.5. The Morgan fingerprint density at radius 1 is 0.520 bits per heavy atom. The molecule has 0 rings (SSSR count). The van der Waals surface area contributed by atoms with Crippen molar-refractivity contribution >= 4 is 16.5 Å². The van der Waals surface area contributed by atoms with Crippen molar-refractivity contribution in [2.75, 3.05) is 18.5 Å². The number of hydrogen-bond acceptors (Lipinski definition) is 1. The summed E-state index contributed by atoms with van der Waals surface area (Å²) < 4.78 is 23.2. The first-order chi connectivity index (χ1) is 23.8. The van der Waals surface area contributed by atoms with Crippen molar-refractivity contribution < 1.29 is 29.3 Å². The summed E-state index contributed by atoms with van der Waals surface area (Å²) in [6, 6.07) is 0. The molecule has 0 bridgehead atoms. The van der Waals surface area contributed by atoms with Gasteiger partial charge in [-0.1, -0.05) is 213 Å². The molecule has 3 nitrogen and oxygen atoms in total. The second kappa shape index (κ2) is 40.0. The van der Waals surface area contributed by atoms with Crippen molar-refractivity contribution in [2.24, 2.45) is 23.7 Å². The zero-order valence-electron chi connectivity index (χ0n) is 36.5. The van der Waals surface area contributed by atoms with Crippen molar-refractivity contribution in [1.82, 2.24) is 0 Å². The van der Waals surface area contributed by atoms with Gasteiger partial charge in [0.15, 0.2) is 0 Å². The molecule has 0 aromatic carbocycles. The monoisotopic (exact) mass is 783 g/mol. The van der Waals surface area contributed by atoms with Gasteiger partial charge in [-0.2, -0.15) is 0 Å². The van der Waals surface area contributed by atoms with Crippen LogP contribution in [0.2, 0.25) is 0 Å². The minimum atomic E-state index is -3.58. The number of rotatable bonds is 32. The molecular weight excluding hydrogens is 686 g/mol. The molecule has 0 amide bonds. The fourth-order valence-corrected chi connectivity index (χ4v) is 14.2. The van der Waals surface area contributed by atoms with E-state index in [1.54, 1.807) is 0 Å². The molecule has 304 valence electrons. The molecule has 2 unspecified atom stereocenters. The van der Waals surface area contributed by atoms with Gasteiger partial charge in [0.25, 0.3) is 0 Å². The molecule has 0 aliphatic heterocycles. The fraction of sp³-hybridized carbons (Fsp3) is 1.00. The van der Waals surface area contributed by atoms with E-state index < -0.39 is 18.6 Å². The molecule has 0 aromatic heterocycles. The number of hydrogen-bond donors (Lipinski definition) is 2. The van der Waals surface area contributed by atoms with E-state index in [0.717, 1.165) is 29.3 Å². The molecule has 2 atom stereocenters. The quantitative estimate of drug-likeness (QED) is 0.0406. The van der Waals surface area contributed by atoms with Crippen LogP contribution in [0.3, 0.4) is 0 Å². The van der Waals surface area contributed by atoms with Crippen LogP contribution in [0.4, 0.5) is 0 Å². The second-order valence-corrected chi connectivity index (χ2v) is 22.1. The minimum absolute atomic E-state index is 0.0330. The second-order valence-electron chi connectivity index (χ2n) is 16.5. The van der Waals surface area contributed by atoms with Gasteiger partial charge in [0, 0.05) is 0 Å². The Balaban J connectivity index is -0.000000885. The van der Waals surface area contributed by atoms with Gasteiger partial charge in [-0.25, -0.2) is 0 Å². The van der Waals surface area contributed by atoms with E-state index in [9.17, 15) is 0 Å². The van der Waals surface area contributed by atoms with E-state index in [2.05, 4.69) is 83.1 Å². The first-order valence-corrected chi connectivity index (χ1v) is 27.3. The summed E-state index contributed by atoms with van der Waals surface area (Å²) in [5.41, 5.74) is 0.849. The van der Waals surface area contributed by atoms with Crippen LogP contribution in [-0.4, -0.2) is 36.7 Å². The van der Waals surface area contributed by atoms with E-state index in [4.69, 9.17) is 10.7 Å². The van der Waals surface area contributed by atoms with E-state index in [1.807, 2.05) is 0 Å². The summed E-state index contributed by atoms with van der Waals surface area (Å²) >= 11 is -3.58. The fourth-order valence-electron chi connectivity index (χ4n) is 8.44. The summed E-state index contributed by atoms with van der Waals surface area (Å²) in [5.74, 6) is 3.26. The Hall–Kier alpha value is 1.29. The van der Waals surface area contributed by atoms with E-state index in [0.29, 0.717) is 5.16 Å². The Morgan fingerprint density at radius 2 is 0.840 bits per heavy atom. The summed E-state index contributed by atoms with van der Waals surface area (Å²) in [6.45, 7) is 29.7. The van der Waals surface area contributed by atoms with Crippen molar-refractivity contribution in [3.05, 3.63) is 0 Å². The third-order valence-corrected chi connectivity index (χ3v) is 16.7. The van der Waals surface area contributed by atoms with Crippen LogP contribution < -0.4 is 0 Å². The molecule has 0 saturated heterocycles. The SMILES string of the molecule is CCCCCCCCP(C(C)C)C(C(C)C)(C(C)C)C(CCCCCC)C(C)C.CCCCCCCCPCCCCCCCC.[O]=[Ti]([OH])[OH]. The predicted octanol–water partition coefficient (Wildman–Crippen LogP) is 15.7. The van der Waals surface area contributed by atoms with Crippen LogP contribution in [0.25, 0.3) is 0 Å². The van der Waals surface area contributed by atoms with Gasteiger partial charge in [0.05, 0.1) is 0 Å². The van der Waals surface area contributed by atoms with Crippen molar-refractivity contribution in [3.8, 4) is 0 Å². The van der Waals surface area contributed by atoms with Crippen molar-refractivity contribution in [3.63, 3.8) is 0 Å². The zero-order chi connectivity index (χ0) is 38.6. The molecule has 0 aliphatic rings. The Labute approximate surface area is 327 Å². The maximum absolute atomic E-state index is 8.81. The molecule has 50 heavy (non-hydrogen) atoms. The summed E-state index contributed by atoms with van der Waals surface area (Å²) in [5, 5.41) is 0.535. The average Bonchev–Trinajstić information content (AvgIpc) is 3.04. The van der Waals surface area contributed by atoms with Crippen LogP contribution in [0.15, 0.2) is 0 Å². The van der Waals surface area contributed by atoms with Gasteiger partial charge in [0.2, 0.25) is 0 Å². The van der Waals surface area contributed by atoms with Crippen LogP contribution in [0.1, 0.15) is 231 Å². The molecule has 0 aromatic rings. The van der Waals surface area contributed by atoms with Gasteiger partial charge in [0.1, 0.15) is 0 Å². The van der Waals surface area contributed by atoms with Crippen LogP contribution >= 0.6 is 16.5 Å². The molecule has 0 radical (unpaired) electrons. The first kappa shape index (κ1) is 55.6. The normalized spacial score (nSPS) is 13.0. The van der Waals surface area contributed by atoms with Gasteiger partial charge in [-0.3, -0.25) is 0 Å². The molecule has 0 aliphatic carbocycles. The molecule has 0 fully saturated rings. The van der Waals surface area contributed by atoms with Crippen LogP contribution in [-0.2, 0) is 21.9 Å². The third-order valence-electron chi connectivity index (χ3n) is 10.9. The van der Waals surface area contributed by atoms with Crippen molar-refractivity contribution in [2.45, 2.75) is 242 Å². The Morgan fingerprint density at radius 3 is 1.16 bits per heavy atom. The first-order valence-electron chi connectivity index (χ1n) is 22.2. The topological polar surface area (TPSA) is 57.5 Å². The molecule has 0 saturated carbocycles. The molecule has 6 heteroatoms. The summed E-state index contributed by atoms with van der Waals surface area (Å²) in [4.78, 5) is 0. The van der Waals surface area contributed by atoms with Crippen LogP contribution in [0.5, 0.6) is 0 Å². The standard InChI is InChI=1S/C28H59P.C16H35P.2H2O.O.Ti/c1-11-13-15-17-18-20-22-29(26(9)10)28(24(5)6,25(7)8)27(23(3)4)21-19-16-14-12-2;1-3-5-7-9-11-13-15-17-16-14-12-10-8-6-4-2;;;;/h23-27H,11-22H2,1-10H3;17H,3-16H2,1-2H3;2*1H2;;/q;;;;;+2/p-2. The van der Waals surface area contributed by atoms with E-state index in [-0.39, 0.29) is 7.92 Å². The number of unbranched alkanes of at least 4 members (excludes halogenated alkanes) is 18. The Bertz CT molecular complexity index is 660. The van der Waals surface area contributed by atoms with Crippen LogP contribution in [0, 0.1) is 23.7 Å². The molecule has 2 N–H and O–H groups in total. The zero-order valence-corrected chi connectivity index (χ0v) is 40.0. The maximum atomic E-state index is 8.81. The van der Waals surface area contributed by atoms with E-state index >= 15 is 0 Å². The average molecular weight is 783 g/mol. The molecular formula is C44H96O3P2Ti. The summed E-state index contributed by atoms with van der Waals surface area (Å²) in [6.07, 6.45) is 37.8. The van der Waals surface area contributed by atoms with Gasteiger partial charge in [-0.15, -0.1) is 8.58 Å². The van der Waals surface area contributed by atoms with Gasteiger partial charge in [-0.05, 0) is 78.7 Å². The van der Waals surface area contributed by atoms with Gasteiger partial charge < -0.3 is 0 Å². The van der Waals surface area contributed by atoms with E-state index in [1.165, 1.54) is 175 Å². The summed E-state index contributed by atoms with van der Waals surface area (Å²) in [7, 11) is 1.29. The third kappa shape index (κ3) is 30.6. The molecule has 0 heterocycles. The molecule has 0 spiro atoms.